The molecule has 1 fully saturated rings. The molecule has 0 unspecified atom stereocenters. The van der Waals surface area contributed by atoms with Crippen molar-refractivity contribution in [1.82, 2.24) is 10.6 Å². The van der Waals surface area contributed by atoms with Crippen molar-refractivity contribution in [2.75, 3.05) is 6.54 Å². The van der Waals surface area contributed by atoms with E-state index < -0.39 is 17.3 Å². The number of carboxylic acid groups (broad SMARTS) is 1. The fourth-order valence-electron chi connectivity index (χ4n) is 2.26. The zero-order valence-electron chi connectivity index (χ0n) is 12.4. The average Bonchev–Trinajstić information content (AvgIpc) is 2.75. The fraction of sp³-hybridized carbons (Fsp3) is 0.786. The maximum Gasteiger partial charge on any atom is 0.308 e. The normalized spacial score (nSPS) is 22.4. The van der Waals surface area contributed by atoms with Gasteiger partial charge < -0.3 is 15.7 Å². The highest BCUT2D eigenvalue weighted by Gasteiger charge is 2.33. The van der Waals surface area contributed by atoms with Crippen LogP contribution in [0.2, 0.25) is 0 Å². The van der Waals surface area contributed by atoms with Crippen LogP contribution in [-0.2, 0) is 14.4 Å². The number of rotatable bonds is 5. The Kier molecular flexibility index (Phi) is 5.53. The van der Waals surface area contributed by atoms with Crippen LogP contribution >= 0.6 is 0 Å². The summed E-state index contributed by atoms with van der Waals surface area (Å²) in [6, 6.07) is -0.279. The highest BCUT2D eigenvalue weighted by atomic mass is 16.4. The van der Waals surface area contributed by atoms with Crippen LogP contribution in [0.15, 0.2) is 0 Å². The molecule has 114 valence electrons. The molecule has 0 aromatic carbocycles. The van der Waals surface area contributed by atoms with Gasteiger partial charge in [-0.2, -0.15) is 0 Å². The molecule has 0 radical (unpaired) electrons. The standard InChI is InChI=1S/C14H24N2O4/c1-14(2,3)13(20)15-8-7-11(17)16-10-6-4-5-9(10)12(18)19/h9-10H,4-8H2,1-3H3,(H,15,20)(H,16,17)(H,18,19)/t9-,10+/m0/s1. The Morgan fingerprint density at radius 1 is 1.20 bits per heavy atom. The molecule has 6 heteroatoms. The van der Waals surface area contributed by atoms with E-state index in [0.29, 0.717) is 12.8 Å². The molecule has 1 aliphatic carbocycles. The van der Waals surface area contributed by atoms with E-state index in [1.54, 1.807) is 20.8 Å². The van der Waals surface area contributed by atoms with Crippen molar-refractivity contribution in [3.63, 3.8) is 0 Å². The molecular formula is C14H24N2O4. The van der Waals surface area contributed by atoms with Gasteiger partial charge in [-0.1, -0.05) is 27.2 Å². The summed E-state index contributed by atoms with van der Waals surface area (Å²) in [6.45, 7) is 5.68. The topological polar surface area (TPSA) is 95.5 Å². The van der Waals surface area contributed by atoms with Crippen LogP contribution in [-0.4, -0.2) is 35.5 Å². The zero-order chi connectivity index (χ0) is 15.3. The van der Waals surface area contributed by atoms with E-state index in [1.165, 1.54) is 0 Å². The second-order valence-corrected chi connectivity index (χ2v) is 6.31. The summed E-state index contributed by atoms with van der Waals surface area (Å²) >= 11 is 0. The predicted molar refractivity (Wildman–Crippen MR) is 74.0 cm³/mol. The summed E-state index contributed by atoms with van der Waals surface area (Å²) in [6.07, 6.45) is 2.31. The molecule has 6 nitrogen and oxygen atoms in total. The maximum atomic E-state index is 11.7. The first-order chi connectivity index (χ1) is 9.21. The Morgan fingerprint density at radius 2 is 1.85 bits per heavy atom. The molecule has 2 amide bonds. The van der Waals surface area contributed by atoms with Gasteiger partial charge in [0.15, 0.2) is 0 Å². The highest BCUT2D eigenvalue weighted by molar-refractivity contribution is 5.82. The minimum Gasteiger partial charge on any atom is -0.481 e. The Labute approximate surface area is 119 Å². The third-order valence-corrected chi connectivity index (χ3v) is 3.50. The lowest BCUT2D eigenvalue weighted by Crippen LogP contribution is -2.42. The van der Waals surface area contributed by atoms with E-state index in [0.717, 1.165) is 6.42 Å². The molecule has 0 saturated heterocycles. The smallest absolute Gasteiger partial charge is 0.308 e. The lowest BCUT2D eigenvalue weighted by molar-refractivity contribution is -0.142. The SMILES string of the molecule is CC(C)(C)C(=O)NCCC(=O)N[C@@H]1CCC[C@@H]1C(=O)O. The largest absolute Gasteiger partial charge is 0.481 e. The first-order valence-corrected chi connectivity index (χ1v) is 7.02. The van der Waals surface area contributed by atoms with Crippen molar-refractivity contribution < 1.29 is 19.5 Å². The van der Waals surface area contributed by atoms with Gasteiger partial charge in [0.1, 0.15) is 0 Å². The number of hydrogen-bond donors (Lipinski definition) is 3. The molecule has 0 spiro atoms. The van der Waals surface area contributed by atoms with Crippen LogP contribution in [0.5, 0.6) is 0 Å². The quantitative estimate of drug-likeness (QED) is 0.699. The van der Waals surface area contributed by atoms with Gasteiger partial charge in [-0.3, -0.25) is 14.4 Å². The van der Waals surface area contributed by atoms with Crippen LogP contribution in [0.1, 0.15) is 46.5 Å². The first kappa shape index (κ1) is 16.5. The summed E-state index contributed by atoms with van der Waals surface area (Å²) in [7, 11) is 0. The summed E-state index contributed by atoms with van der Waals surface area (Å²) in [4.78, 5) is 34.4. The second-order valence-electron chi connectivity index (χ2n) is 6.31. The molecule has 1 saturated carbocycles. The predicted octanol–water partition coefficient (Wildman–Crippen LogP) is 0.908. The van der Waals surface area contributed by atoms with Crippen molar-refractivity contribution in [3.05, 3.63) is 0 Å². The Hall–Kier alpha value is -1.59. The lowest BCUT2D eigenvalue weighted by Gasteiger charge is -2.19. The van der Waals surface area contributed by atoms with Gasteiger partial charge in [0.05, 0.1) is 5.92 Å². The third-order valence-electron chi connectivity index (χ3n) is 3.50. The Balaban J connectivity index is 2.30. The minimum atomic E-state index is -0.853. The maximum absolute atomic E-state index is 11.7. The molecule has 0 bridgehead atoms. The van der Waals surface area contributed by atoms with Crippen molar-refractivity contribution in [1.29, 1.82) is 0 Å². The van der Waals surface area contributed by atoms with Gasteiger partial charge in [-0.05, 0) is 12.8 Å². The van der Waals surface area contributed by atoms with E-state index in [9.17, 15) is 14.4 Å². The summed E-state index contributed by atoms with van der Waals surface area (Å²) in [5.41, 5.74) is -0.476. The number of hydrogen-bond acceptors (Lipinski definition) is 3. The molecule has 0 aromatic rings. The van der Waals surface area contributed by atoms with Gasteiger partial charge in [0.2, 0.25) is 11.8 Å². The monoisotopic (exact) mass is 284 g/mol. The van der Waals surface area contributed by atoms with Gasteiger partial charge in [0.25, 0.3) is 0 Å². The Bertz CT molecular complexity index is 387. The van der Waals surface area contributed by atoms with E-state index in [4.69, 9.17) is 5.11 Å². The third kappa shape index (κ3) is 4.83. The first-order valence-electron chi connectivity index (χ1n) is 7.02. The average molecular weight is 284 g/mol. The highest BCUT2D eigenvalue weighted by Crippen LogP contribution is 2.25. The van der Waals surface area contributed by atoms with Gasteiger partial charge in [-0.15, -0.1) is 0 Å². The number of nitrogens with one attached hydrogen (secondary N) is 2. The molecule has 1 aliphatic rings. The van der Waals surface area contributed by atoms with E-state index >= 15 is 0 Å². The zero-order valence-corrected chi connectivity index (χ0v) is 12.4. The summed E-state index contributed by atoms with van der Waals surface area (Å²) < 4.78 is 0. The fourth-order valence-corrected chi connectivity index (χ4v) is 2.26. The molecule has 3 N–H and O–H groups in total. The van der Waals surface area contributed by atoms with Crippen molar-refractivity contribution in [2.24, 2.45) is 11.3 Å². The van der Waals surface area contributed by atoms with Crippen LogP contribution in [0.3, 0.4) is 0 Å². The van der Waals surface area contributed by atoms with Gasteiger partial charge in [-0.25, -0.2) is 0 Å². The minimum absolute atomic E-state index is 0.102. The van der Waals surface area contributed by atoms with Gasteiger partial charge >= 0.3 is 5.97 Å². The van der Waals surface area contributed by atoms with E-state index in [1.807, 2.05) is 0 Å². The number of amides is 2. The van der Waals surface area contributed by atoms with E-state index in [2.05, 4.69) is 10.6 Å². The van der Waals surface area contributed by atoms with Crippen LogP contribution in [0.4, 0.5) is 0 Å². The molecule has 0 heterocycles. The lowest BCUT2D eigenvalue weighted by atomic mass is 9.96. The Morgan fingerprint density at radius 3 is 2.40 bits per heavy atom. The molecular weight excluding hydrogens is 260 g/mol. The summed E-state index contributed by atoms with van der Waals surface area (Å²) in [5.74, 6) is -1.65. The summed E-state index contributed by atoms with van der Waals surface area (Å²) in [5, 5.41) is 14.5. The van der Waals surface area contributed by atoms with Crippen LogP contribution < -0.4 is 10.6 Å². The van der Waals surface area contributed by atoms with Gasteiger partial charge in [0, 0.05) is 24.4 Å². The number of carboxylic acids is 1. The van der Waals surface area contributed by atoms with Crippen molar-refractivity contribution in [2.45, 2.75) is 52.5 Å². The molecule has 0 aliphatic heterocycles. The molecule has 1 rings (SSSR count). The van der Waals surface area contributed by atoms with Crippen LogP contribution in [0.25, 0.3) is 0 Å². The van der Waals surface area contributed by atoms with Crippen LogP contribution in [0, 0.1) is 11.3 Å². The number of carbonyl (C=O) groups is 3. The second kappa shape index (κ2) is 6.72. The van der Waals surface area contributed by atoms with Crippen molar-refractivity contribution in [3.8, 4) is 0 Å². The molecule has 0 aromatic heterocycles. The molecule has 20 heavy (non-hydrogen) atoms. The molecule has 2 atom stereocenters. The van der Waals surface area contributed by atoms with E-state index in [-0.39, 0.29) is 30.8 Å². The number of aliphatic carboxylic acids is 1. The number of carbonyl (C=O) groups excluding carboxylic acids is 2. The van der Waals surface area contributed by atoms with Crippen molar-refractivity contribution >= 4 is 17.8 Å².